The monoisotopic (exact) mass is 358 g/mol. The van der Waals surface area contributed by atoms with Gasteiger partial charge < -0.3 is 9.64 Å². The van der Waals surface area contributed by atoms with Crippen LogP contribution in [0.4, 0.5) is 5.69 Å². The van der Waals surface area contributed by atoms with E-state index in [1.165, 1.54) is 0 Å². The van der Waals surface area contributed by atoms with E-state index in [0.29, 0.717) is 19.8 Å². The van der Waals surface area contributed by atoms with Crippen LogP contribution in [-0.4, -0.2) is 24.1 Å². The molecule has 2 aromatic carbocycles. The third kappa shape index (κ3) is 4.07. The lowest BCUT2D eigenvalue weighted by Crippen LogP contribution is -2.36. The Kier molecular flexibility index (Phi) is 5.26. The molecule has 1 aliphatic rings. The summed E-state index contributed by atoms with van der Waals surface area (Å²) in [6.45, 7) is 1.61. The van der Waals surface area contributed by atoms with Crippen molar-refractivity contribution in [2.75, 3.05) is 18.1 Å². The standard InChI is InChI=1S/C23H22N2O2/c26-23(20-13-15-27-17-20)25(16-21-8-4-5-14-24-21)22-11-9-19(10-12-22)18-6-2-1-3-7-18/h1-12,14,20H,13,15-17H2/t20-/m1/s1. The van der Waals surface area contributed by atoms with Crippen LogP contribution in [0, 0.1) is 5.92 Å². The second-order valence-electron chi connectivity index (χ2n) is 6.72. The quantitative estimate of drug-likeness (QED) is 0.682. The Morgan fingerprint density at radius 1 is 0.963 bits per heavy atom. The number of anilines is 1. The SMILES string of the molecule is O=C([C@@H]1CCOC1)N(Cc1ccccn1)c1ccc(-c2ccccc2)cc1. The van der Waals surface area contributed by atoms with Gasteiger partial charge in [-0.15, -0.1) is 0 Å². The van der Waals surface area contributed by atoms with Crippen molar-refractivity contribution in [2.24, 2.45) is 5.92 Å². The first-order valence-electron chi connectivity index (χ1n) is 9.26. The summed E-state index contributed by atoms with van der Waals surface area (Å²) in [4.78, 5) is 19.3. The van der Waals surface area contributed by atoms with Crippen molar-refractivity contribution in [3.8, 4) is 11.1 Å². The zero-order valence-electron chi connectivity index (χ0n) is 15.1. The summed E-state index contributed by atoms with van der Waals surface area (Å²) in [5, 5.41) is 0. The molecule has 2 heterocycles. The molecule has 1 aromatic heterocycles. The predicted octanol–water partition coefficient (Wildman–Crippen LogP) is 4.32. The highest BCUT2D eigenvalue weighted by molar-refractivity contribution is 5.95. The van der Waals surface area contributed by atoms with Crippen LogP contribution in [-0.2, 0) is 16.1 Å². The molecule has 0 bridgehead atoms. The predicted molar refractivity (Wildman–Crippen MR) is 106 cm³/mol. The van der Waals surface area contributed by atoms with Gasteiger partial charge in [-0.2, -0.15) is 0 Å². The number of carbonyl (C=O) groups is 1. The average molecular weight is 358 g/mol. The van der Waals surface area contributed by atoms with Gasteiger partial charge in [0, 0.05) is 18.5 Å². The van der Waals surface area contributed by atoms with Gasteiger partial charge in [-0.25, -0.2) is 0 Å². The molecule has 3 aromatic rings. The van der Waals surface area contributed by atoms with Crippen molar-refractivity contribution in [3.05, 3.63) is 84.7 Å². The Bertz CT molecular complexity index is 873. The van der Waals surface area contributed by atoms with Gasteiger partial charge in [0.05, 0.1) is 24.8 Å². The molecule has 0 N–H and O–H groups in total. The first kappa shape index (κ1) is 17.4. The van der Waals surface area contributed by atoms with Gasteiger partial charge in [-0.1, -0.05) is 48.5 Å². The number of aromatic nitrogens is 1. The lowest BCUT2D eigenvalue weighted by molar-refractivity contribution is -0.122. The second kappa shape index (κ2) is 8.14. The molecule has 1 saturated heterocycles. The first-order chi connectivity index (χ1) is 13.3. The van der Waals surface area contributed by atoms with E-state index in [4.69, 9.17) is 4.74 Å². The average Bonchev–Trinajstić information content (AvgIpc) is 3.28. The van der Waals surface area contributed by atoms with Crippen molar-refractivity contribution >= 4 is 11.6 Å². The molecular weight excluding hydrogens is 336 g/mol. The Morgan fingerprint density at radius 3 is 2.37 bits per heavy atom. The number of ether oxygens (including phenoxy) is 1. The van der Waals surface area contributed by atoms with Crippen molar-refractivity contribution in [3.63, 3.8) is 0 Å². The molecule has 4 nitrogen and oxygen atoms in total. The van der Waals surface area contributed by atoms with E-state index in [2.05, 4.69) is 29.2 Å². The molecule has 4 heteroatoms. The highest BCUT2D eigenvalue weighted by Gasteiger charge is 2.29. The number of hydrogen-bond donors (Lipinski definition) is 0. The zero-order chi connectivity index (χ0) is 18.5. The summed E-state index contributed by atoms with van der Waals surface area (Å²) in [6, 6.07) is 24.2. The Balaban J connectivity index is 1.62. The molecule has 0 aliphatic carbocycles. The Hall–Kier alpha value is -2.98. The number of hydrogen-bond acceptors (Lipinski definition) is 3. The third-order valence-electron chi connectivity index (χ3n) is 4.88. The van der Waals surface area contributed by atoms with Crippen LogP contribution in [0.3, 0.4) is 0 Å². The number of nitrogens with zero attached hydrogens (tertiary/aromatic N) is 2. The van der Waals surface area contributed by atoms with Gasteiger partial charge in [0.2, 0.25) is 5.91 Å². The van der Waals surface area contributed by atoms with Crippen molar-refractivity contribution in [2.45, 2.75) is 13.0 Å². The summed E-state index contributed by atoms with van der Waals surface area (Å²) in [6.07, 6.45) is 2.54. The number of rotatable bonds is 5. The molecule has 1 atom stereocenters. The number of carbonyl (C=O) groups excluding carboxylic acids is 1. The molecule has 0 radical (unpaired) electrons. The number of pyridine rings is 1. The Morgan fingerprint density at radius 2 is 1.70 bits per heavy atom. The van der Waals surface area contributed by atoms with Gasteiger partial charge in [0.1, 0.15) is 0 Å². The summed E-state index contributed by atoms with van der Waals surface area (Å²) in [7, 11) is 0. The van der Waals surface area contributed by atoms with E-state index in [9.17, 15) is 4.79 Å². The van der Waals surface area contributed by atoms with Gasteiger partial charge in [-0.3, -0.25) is 9.78 Å². The van der Waals surface area contributed by atoms with E-state index >= 15 is 0 Å². The summed E-state index contributed by atoms with van der Waals surface area (Å²) in [5.41, 5.74) is 4.05. The summed E-state index contributed by atoms with van der Waals surface area (Å²) >= 11 is 0. The van der Waals surface area contributed by atoms with E-state index < -0.39 is 0 Å². The number of benzene rings is 2. The maximum absolute atomic E-state index is 13.1. The van der Waals surface area contributed by atoms with Gasteiger partial charge in [0.15, 0.2) is 0 Å². The smallest absolute Gasteiger partial charge is 0.232 e. The van der Waals surface area contributed by atoms with Gasteiger partial charge in [0.25, 0.3) is 0 Å². The lowest BCUT2D eigenvalue weighted by atomic mass is 10.0. The highest BCUT2D eigenvalue weighted by Crippen LogP contribution is 2.26. The minimum absolute atomic E-state index is 0.0810. The van der Waals surface area contributed by atoms with Crippen LogP contribution in [0.2, 0.25) is 0 Å². The molecular formula is C23H22N2O2. The molecule has 136 valence electrons. The fourth-order valence-electron chi connectivity index (χ4n) is 3.36. The minimum atomic E-state index is -0.0810. The molecule has 0 unspecified atom stereocenters. The highest BCUT2D eigenvalue weighted by atomic mass is 16.5. The fourth-order valence-corrected chi connectivity index (χ4v) is 3.36. The van der Waals surface area contributed by atoms with Crippen LogP contribution < -0.4 is 4.90 Å². The molecule has 27 heavy (non-hydrogen) atoms. The van der Waals surface area contributed by atoms with Crippen molar-refractivity contribution in [1.82, 2.24) is 4.98 Å². The summed E-state index contributed by atoms with van der Waals surface area (Å²) < 4.78 is 5.43. The van der Waals surface area contributed by atoms with E-state index in [-0.39, 0.29) is 11.8 Å². The topological polar surface area (TPSA) is 42.4 Å². The third-order valence-corrected chi connectivity index (χ3v) is 4.88. The largest absolute Gasteiger partial charge is 0.381 e. The normalized spacial score (nSPS) is 16.2. The lowest BCUT2D eigenvalue weighted by Gasteiger charge is -2.25. The van der Waals surface area contributed by atoms with Crippen LogP contribution in [0.15, 0.2) is 79.0 Å². The van der Waals surface area contributed by atoms with Crippen LogP contribution in [0.1, 0.15) is 12.1 Å². The fraction of sp³-hybridized carbons (Fsp3) is 0.217. The molecule has 0 spiro atoms. The van der Waals surface area contributed by atoms with Crippen LogP contribution in [0.5, 0.6) is 0 Å². The van der Waals surface area contributed by atoms with Crippen molar-refractivity contribution < 1.29 is 9.53 Å². The van der Waals surface area contributed by atoms with E-state index in [1.807, 2.05) is 53.4 Å². The van der Waals surface area contributed by atoms with E-state index in [1.54, 1.807) is 6.20 Å². The second-order valence-corrected chi connectivity index (χ2v) is 6.72. The van der Waals surface area contributed by atoms with Crippen LogP contribution >= 0.6 is 0 Å². The maximum Gasteiger partial charge on any atom is 0.232 e. The van der Waals surface area contributed by atoms with Crippen LogP contribution in [0.25, 0.3) is 11.1 Å². The molecule has 1 aliphatic heterocycles. The zero-order valence-corrected chi connectivity index (χ0v) is 15.1. The Labute approximate surface area is 159 Å². The summed E-state index contributed by atoms with van der Waals surface area (Å²) in [5.74, 6) is 0.0214. The maximum atomic E-state index is 13.1. The minimum Gasteiger partial charge on any atom is -0.381 e. The molecule has 1 amide bonds. The van der Waals surface area contributed by atoms with Gasteiger partial charge >= 0.3 is 0 Å². The van der Waals surface area contributed by atoms with E-state index in [0.717, 1.165) is 28.9 Å². The van der Waals surface area contributed by atoms with Crippen molar-refractivity contribution in [1.29, 1.82) is 0 Å². The number of amides is 1. The first-order valence-corrected chi connectivity index (χ1v) is 9.26. The molecule has 0 saturated carbocycles. The molecule has 4 rings (SSSR count). The van der Waals surface area contributed by atoms with Gasteiger partial charge in [-0.05, 0) is 41.8 Å². The molecule has 1 fully saturated rings.